The summed E-state index contributed by atoms with van der Waals surface area (Å²) in [6.07, 6.45) is 4.50. The minimum absolute atomic E-state index is 0.0289. The lowest BCUT2D eigenvalue weighted by Gasteiger charge is -2.27. The summed E-state index contributed by atoms with van der Waals surface area (Å²) in [5.41, 5.74) is 4.98. The Morgan fingerprint density at radius 1 is 1.46 bits per heavy atom. The van der Waals surface area contributed by atoms with Crippen LogP contribution in [0, 0.1) is 0 Å². The van der Waals surface area contributed by atoms with Crippen molar-refractivity contribution in [2.24, 2.45) is 5.73 Å². The fourth-order valence-electron chi connectivity index (χ4n) is 1.67. The molecule has 0 aromatic carbocycles. The van der Waals surface area contributed by atoms with Crippen LogP contribution >= 0.6 is 0 Å². The Morgan fingerprint density at radius 3 is 2.77 bits per heavy atom. The highest BCUT2D eigenvalue weighted by molar-refractivity contribution is 5.74. The highest BCUT2D eigenvalue weighted by Gasteiger charge is 2.22. The number of nitrogens with two attached hydrogens (primary N) is 1. The number of ether oxygens (including phenoxy) is 2. The lowest BCUT2D eigenvalue weighted by molar-refractivity contribution is -0.126. The van der Waals surface area contributed by atoms with Crippen molar-refractivity contribution in [1.29, 1.82) is 0 Å². The average Bonchev–Trinajstić information content (AvgIpc) is 2.15. The molecule has 13 heavy (non-hydrogen) atoms. The van der Waals surface area contributed by atoms with Crippen LogP contribution in [0.2, 0.25) is 0 Å². The molecule has 0 aromatic rings. The first kappa shape index (κ1) is 10.5. The van der Waals surface area contributed by atoms with Crippen LogP contribution in [0.1, 0.15) is 25.7 Å². The van der Waals surface area contributed by atoms with Crippen LogP contribution in [-0.4, -0.2) is 31.8 Å². The lowest BCUT2D eigenvalue weighted by Crippen LogP contribution is -2.30. The Labute approximate surface area is 78.4 Å². The van der Waals surface area contributed by atoms with E-state index < -0.39 is 5.91 Å². The molecular formula is C9H17NO3. The first-order chi connectivity index (χ1) is 6.22. The predicted molar refractivity (Wildman–Crippen MR) is 48.2 cm³/mol. The summed E-state index contributed by atoms with van der Waals surface area (Å²) in [4.78, 5) is 10.5. The molecule has 4 nitrogen and oxygen atoms in total. The van der Waals surface area contributed by atoms with E-state index in [0.717, 1.165) is 25.7 Å². The highest BCUT2D eigenvalue weighted by atomic mass is 16.5. The van der Waals surface area contributed by atoms with Crippen LogP contribution in [0.25, 0.3) is 0 Å². The Kier molecular flexibility index (Phi) is 4.18. The molecule has 1 rings (SSSR count). The molecule has 1 fully saturated rings. The van der Waals surface area contributed by atoms with Crippen molar-refractivity contribution >= 4 is 5.91 Å². The monoisotopic (exact) mass is 187 g/mol. The molecule has 0 bridgehead atoms. The number of primary amides is 1. The first-order valence-electron chi connectivity index (χ1n) is 4.65. The molecule has 1 amide bonds. The molecule has 0 radical (unpaired) electrons. The summed E-state index contributed by atoms with van der Waals surface area (Å²) in [5, 5.41) is 0. The van der Waals surface area contributed by atoms with Gasteiger partial charge in [-0.05, 0) is 25.7 Å². The zero-order chi connectivity index (χ0) is 9.68. The van der Waals surface area contributed by atoms with Gasteiger partial charge in [0.05, 0.1) is 12.2 Å². The first-order valence-corrected chi connectivity index (χ1v) is 4.65. The standard InChI is InChI=1S/C9H17NO3/c1-12-7-3-2-4-8(5-7)13-6-9(10)11/h7-8H,2-6H2,1H3,(H2,10,11). The van der Waals surface area contributed by atoms with Crippen LogP contribution in [0.5, 0.6) is 0 Å². The van der Waals surface area contributed by atoms with E-state index in [-0.39, 0.29) is 18.8 Å². The van der Waals surface area contributed by atoms with Crippen LogP contribution in [0.15, 0.2) is 0 Å². The average molecular weight is 187 g/mol. The maximum absolute atomic E-state index is 10.5. The fraction of sp³-hybridized carbons (Fsp3) is 0.889. The van der Waals surface area contributed by atoms with Crippen molar-refractivity contribution in [3.63, 3.8) is 0 Å². The summed E-state index contributed by atoms with van der Waals surface area (Å²) in [7, 11) is 1.71. The molecular weight excluding hydrogens is 170 g/mol. The molecule has 4 heteroatoms. The van der Waals surface area contributed by atoms with E-state index in [0.29, 0.717) is 0 Å². The summed E-state index contributed by atoms with van der Waals surface area (Å²) in [6.45, 7) is 0.0289. The van der Waals surface area contributed by atoms with Crippen molar-refractivity contribution in [2.75, 3.05) is 13.7 Å². The van der Waals surface area contributed by atoms with Gasteiger partial charge in [-0.1, -0.05) is 0 Å². The van der Waals surface area contributed by atoms with Crippen LogP contribution in [0.4, 0.5) is 0 Å². The lowest BCUT2D eigenvalue weighted by atomic mass is 9.95. The summed E-state index contributed by atoms with van der Waals surface area (Å²) in [5.74, 6) is -0.403. The largest absolute Gasteiger partial charge is 0.381 e. The summed E-state index contributed by atoms with van der Waals surface area (Å²) < 4.78 is 10.6. The van der Waals surface area contributed by atoms with Crippen molar-refractivity contribution in [1.82, 2.24) is 0 Å². The fourth-order valence-corrected chi connectivity index (χ4v) is 1.67. The van der Waals surface area contributed by atoms with Gasteiger partial charge < -0.3 is 15.2 Å². The van der Waals surface area contributed by atoms with Gasteiger partial charge in [-0.25, -0.2) is 0 Å². The molecule has 1 saturated carbocycles. The van der Waals surface area contributed by atoms with E-state index in [1.165, 1.54) is 0 Å². The molecule has 0 aliphatic heterocycles. The van der Waals surface area contributed by atoms with Crippen molar-refractivity contribution in [3.05, 3.63) is 0 Å². The minimum atomic E-state index is -0.403. The topological polar surface area (TPSA) is 61.6 Å². The second kappa shape index (κ2) is 5.19. The third-order valence-electron chi connectivity index (χ3n) is 2.37. The predicted octanol–water partition coefficient (Wildman–Crippen LogP) is 0.446. The molecule has 0 aromatic heterocycles. The Morgan fingerprint density at radius 2 is 2.15 bits per heavy atom. The van der Waals surface area contributed by atoms with Gasteiger partial charge in [-0.2, -0.15) is 0 Å². The third-order valence-corrected chi connectivity index (χ3v) is 2.37. The van der Waals surface area contributed by atoms with E-state index in [9.17, 15) is 4.79 Å². The summed E-state index contributed by atoms with van der Waals surface area (Å²) >= 11 is 0. The van der Waals surface area contributed by atoms with E-state index in [4.69, 9.17) is 15.2 Å². The normalized spacial score (nSPS) is 28.7. The highest BCUT2D eigenvalue weighted by Crippen LogP contribution is 2.22. The smallest absolute Gasteiger partial charge is 0.243 e. The number of carbonyl (C=O) groups is 1. The third kappa shape index (κ3) is 3.74. The van der Waals surface area contributed by atoms with Crippen LogP contribution in [0.3, 0.4) is 0 Å². The van der Waals surface area contributed by atoms with Gasteiger partial charge in [0.15, 0.2) is 0 Å². The van der Waals surface area contributed by atoms with Gasteiger partial charge in [0, 0.05) is 7.11 Å². The maximum atomic E-state index is 10.5. The van der Waals surface area contributed by atoms with Gasteiger partial charge >= 0.3 is 0 Å². The molecule has 0 heterocycles. The zero-order valence-electron chi connectivity index (χ0n) is 7.99. The van der Waals surface area contributed by atoms with Gasteiger partial charge in [0.25, 0.3) is 0 Å². The Bertz CT molecular complexity index is 172. The van der Waals surface area contributed by atoms with Gasteiger partial charge in [-0.15, -0.1) is 0 Å². The van der Waals surface area contributed by atoms with Crippen molar-refractivity contribution in [3.8, 4) is 0 Å². The number of hydrogen-bond acceptors (Lipinski definition) is 3. The number of carbonyl (C=O) groups excluding carboxylic acids is 1. The summed E-state index contributed by atoms with van der Waals surface area (Å²) in [6, 6.07) is 0. The number of amides is 1. The van der Waals surface area contributed by atoms with E-state index >= 15 is 0 Å². The van der Waals surface area contributed by atoms with Crippen LogP contribution < -0.4 is 5.73 Å². The molecule has 2 N–H and O–H groups in total. The van der Waals surface area contributed by atoms with Gasteiger partial charge in [0.1, 0.15) is 6.61 Å². The molecule has 0 spiro atoms. The number of rotatable bonds is 4. The van der Waals surface area contributed by atoms with Crippen molar-refractivity contribution < 1.29 is 14.3 Å². The van der Waals surface area contributed by atoms with E-state index in [2.05, 4.69) is 0 Å². The number of methoxy groups -OCH3 is 1. The molecule has 2 atom stereocenters. The SMILES string of the molecule is COC1CCCC(OCC(N)=O)C1. The van der Waals surface area contributed by atoms with Gasteiger partial charge in [0.2, 0.25) is 5.91 Å². The van der Waals surface area contributed by atoms with E-state index in [1.54, 1.807) is 7.11 Å². The maximum Gasteiger partial charge on any atom is 0.243 e. The van der Waals surface area contributed by atoms with Gasteiger partial charge in [-0.3, -0.25) is 4.79 Å². The molecule has 76 valence electrons. The second-order valence-corrected chi connectivity index (χ2v) is 3.42. The number of hydrogen-bond donors (Lipinski definition) is 1. The molecule has 2 unspecified atom stereocenters. The van der Waals surface area contributed by atoms with Crippen molar-refractivity contribution in [2.45, 2.75) is 37.9 Å². The minimum Gasteiger partial charge on any atom is -0.381 e. The quantitative estimate of drug-likeness (QED) is 0.695. The Hall–Kier alpha value is -0.610. The molecule has 0 saturated heterocycles. The second-order valence-electron chi connectivity index (χ2n) is 3.42. The van der Waals surface area contributed by atoms with E-state index in [1.807, 2.05) is 0 Å². The Balaban J connectivity index is 2.21. The molecule has 1 aliphatic rings. The van der Waals surface area contributed by atoms with Crippen LogP contribution in [-0.2, 0) is 14.3 Å². The zero-order valence-corrected chi connectivity index (χ0v) is 7.99. The molecule has 1 aliphatic carbocycles.